The number of hydrogen-bond donors (Lipinski definition) is 4. The van der Waals surface area contributed by atoms with Gasteiger partial charge in [0, 0.05) is 25.6 Å². The van der Waals surface area contributed by atoms with Crippen molar-refractivity contribution in [1.82, 2.24) is 16.0 Å². The van der Waals surface area contributed by atoms with E-state index < -0.39 is 18.1 Å². The molecule has 1 atom stereocenters. The molecule has 0 saturated carbocycles. The molecule has 0 saturated heterocycles. The Morgan fingerprint density at radius 1 is 1.20 bits per heavy atom. The molecule has 3 amide bonds. The largest absolute Gasteiger partial charge is 0.479 e. The fourth-order valence-corrected chi connectivity index (χ4v) is 1.29. The van der Waals surface area contributed by atoms with Gasteiger partial charge in [0.25, 0.3) is 0 Å². The van der Waals surface area contributed by atoms with Gasteiger partial charge in [0.15, 0.2) is 6.10 Å². The van der Waals surface area contributed by atoms with E-state index in [0.29, 0.717) is 0 Å². The number of rotatable bonds is 7. The summed E-state index contributed by atoms with van der Waals surface area (Å²) in [4.78, 5) is 33.4. The highest BCUT2D eigenvalue weighted by Crippen LogP contribution is 1.98. The van der Waals surface area contributed by atoms with Crippen molar-refractivity contribution >= 4 is 17.9 Å². The van der Waals surface area contributed by atoms with Gasteiger partial charge in [-0.3, -0.25) is 4.79 Å². The first-order valence-corrected chi connectivity index (χ1v) is 6.24. The molecule has 0 heterocycles. The van der Waals surface area contributed by atoms with Gasteiger partial charge in [-0.15, -0.1) is 0 Å². The van der Waals surface area contributed by atoms with Crippen LogP contribution in [0.15, 0.2) is 0 Å². The fourth-order valence-electron chi connectivity index (χ4n) is 1.29. The molecule has 8 heteroatoms. The molecule has 116 valence electrons. The Kier molecular flexibility index (Phi) is 7.60. The van der Waals surface area contributed by atoms with Crippen molar-refractivity contribution in [2.45, 2.75) is 38.8 Å². The number of amides is 3. The second-order valence-electron chi connectivity index (χ2n) is 5.25. The van der Waals surface area contributed by atoms with Crippen LogP contribution in [0.5, 0.6) is 0 Å². The molecular weight excluding hydrogens is 266 g/mol. The van der Waals surface area contributed by atoms with Crippen LogP contribution in [0.3, 0.4) is 0 Å². The lowest BCUT2D eigenvalue weighted by atomic mass is 10.1. The summed E-state index contributed by atoms with van der Waals surface area (Å²) in [5.74, 6) is -1.32. The zero-order valence-corrected chi connectivity index (χ0v) is 12.3. The average Bonchev–Trinajstić information content (AvgIpc) is 2.26. The van der Waals surface area contributed by atoms with Gasteiger partial charge in [-0.1, -0.05) is 0 Å². The highest BCUT2D eigenvalue weighted by atomic mass is 16.5. The Labute approximate surface area is 118 Å². The molecule has 0 aromatic heterocycles. The van der Waals surface area contributed by atoms with Crippen LogP contribution in [-0.2, 0) is 14.3 Å². The summed E-state index contributed by atoms with van der Waals surface area (Å²) in [5.41, 5.74) is -0.313. The van der Waals surface area contributed by atoms with Gasteiger partial charge in [-0.25, -0.2) is 9.59 Å². The summed E-state index contributed by atoms with van der Waals surface area (Å²) in [6.45, 7) is 5.61. The molecule has 0 aliphatic carbocycles. The van der Waals surface area contributed by atoms with Gasteiger partial charge in [0.1, 0.15) is 0 Å². The third kappa shape index (κ3) is 9.15. The predicted octanol–water partition coefficient (Wildman–Crippen LogP) is -0.310. The molecule has 0 rings (SSSR count). The van der Waals surface area contributed by atoms with Crippen molar-refractivity contribution in [3.05, 3.63) is 0 Å². The molecular formula is C12H23N3O5. The second-order valence-corrected chi connectivity index (χ2v) is 5.25. The van der Waals surface area contributed by atoms with E-state index in [4.69, 9.17) is 5.11 Å². The minimum Gasteiger partial charge on any atom is -0.479 e. The van der Waals surface area contributed by atoms with E-state index in [1.54, 1.807) is 0 Å². The third-order valence-electron chi connectivity index (χ3n) is 2.16. The number of ether oxygens (including phenoxy) is 1. The molecule has 20 heavy (non-hydrogen) atoms. The lowest BCUT2D eigenvalue weighted by Gasteiger charge is -2.20. The van der Waals surface area contributed by atoms with E-state index in [9.17, 15) is 14.4 Å². The van der Waals surface area contributed by atoms with Crippen molar-refractivity contribution in [1.29, 1.82) is 0 Å². The summed E-state index contributed by atoms with van der Waals surface area (Å²) in [6.07, 6.45) is -0.943. The van der Waals surface area contributed by atoms with Crippen molar-refractivity contribution in [2.75, 3.05) is 20.2 Å². The molecule has 0 bridgehead atoms. The SMILES string of the molecule is COC(CNC(=O)NCCC(=O)NC(C)(C)C)C(=O)O. The van der Waals surface area contributed by atoms with Gasteiger partial charge < -0.3 is 25.8 Å². The number of methoxy groups -OCH3 is 1. The summed E-state index contributed by atoms with van der Waals surface area (Å²) in [5, 5.41) is 16.3. The molecule has 0 aliphatic rings. The second kappa shape index (κ2) is 8.36. The Morgan fingerprint density at radius 3 is 2.25 bits per heavy atom. The average molecular weight is 289 g/mol. The van der Waals surface area contributed by atoms with Gasteiger partial charge in [-0.05, 0) is 20.8 Å². The standard InChI is InChI=1S/C12H23N3O5/c1-12(2,3)15-9(16)5-6-13-11(19)14-7-8(20-4)10(17)18/h8H,5-7H2,1-4H3,(H,15,16)(H,17,18)(H2,13,14,19). The highest BCUT2D eigenvalue weighted by molar-refractivity contribution is 5.79. The molecule has 4 N–H and O–H groups in total. The Morgan fingerprint density at radius 2 is 1.80 bits per heavy atom. The maximum Gasteiger partial charge on any atom is 0.334 e. The zero-order valence-electron chi connectivity index (χ0n) is 12.3. The van der Waals surface area contributed by atoms with Crippen molar-refractivity contribution in [3.8, 4) is 0 Å². The maximum absolute atomic E-state index is 11.5. The molecule has 0 aromatic carbocycles. The van der Waals surface area contributed by atoms with Gasteiger partial charge in [0.2, 0.25) is 5.91 Å². The summed E-state index contributed by atoms with van der Waals surface area (Å²) >= 11 is 0. The van der Waals surface area contributed by atoms with Crippen LogP contribution in [-0.4, -0.2) is 54.9 Å². The normalized spacial score (nSPS) is 12.4. The van der Waals surface area contributed by atoms with E-state index in [1.807, 2.05) is 20.8 Å². The Balaban J connectivity index is 3.84. The van der Waals surface area contributed by atoms with Crippen molar-refractivity contribution in [3.63, 3.8) is 0 Å². The van der Waals surface area contributed by atoms with E-state index in [1.165, 1.54) is 7.11 Å². The molecule has 0 radical (unpaired) electrons. The molecule has 0 fully saturated rings. The quantitative estimate of drug-likeness (QED) is 0.513. The number of aliphatic carboxylic acids is 1. The number of carboxylic acids is 1. The van der Waals surface area contributed by atoms with Crippen molar-refractivity contribution < 1.29 is 24.2 Å². The van der Waals surface area contributed by atoms with Crippen LogP contribution < -0.4 is 16.0 Å². The highest BCUT2D eigenvalue weighted by Gasteiger charge is 2.17. The molecule has 0 aliphatic heterocycles. The van der Waals surface area contributed by atoms with Gasteiger partial charge in [-0.2, -0.15) is 0 Å². The molecule has 0 spiro atoms. The minimum absolute atomic E-state index is 0.147. The monoisotopic (exact) mass is 289 g/mol. The Bertz CT molecular complexity index is 351. The number of hydrogen-bond acceptors (Lipinski definition) is 4. The predicted molar refractivity (Wildman–Crippen MR) is 72.3 cm³/mol. The number of carbonyl (C=O) groups excluding carboxylic acids is 2. The van der Waals surface area contributed by atoms with Crippen LogP contribution in [0, 0.1) is 0 Å². The number of carbonyl (C=O) groups is 3. The molecule has 0 aromatic rings. The van der Waals surface area contributed by atoms with Gasteiger partial charge >= 0.3 is 12.0 Å². The third-order valence-corrected chi connectivity index (χ3v) is 2.16. The lowest BCUT2D eigenvalue weighted by molar-refractivity contribution is -0.148. The summed E-state index contributed by atoms with van der Waals surface area (Å²) < 4.78 is 4.65. The first kappa shape index (κ1) is 18.2. The van der Waals surface area contributed by atoms with Crippen LogP contribution in [0.1, 0.15) is 27.2 Å². The summed E-state index contributed by atoms with van der Waals surface area (Å²) in [6, 6.07) is -0.545. The lowest BCUT2D eigenvalue weighted by Crippen LogP contribution is -2.45. The van der Waals surface area contributed by atoms with Gasteiger partial charge in [0.05, 0.1) is 6.54 Å². The number of urea groups is 1. The van der Waals surface area contributed by atoms with E-state index in [-0.39, 0.29) is 31.0 Å². The molecule has 8 nitrogen and oxygen atoms in total. The fraction of sp³-hybridized carbons (Fsp3) is 0.750. The van der Waals surface area contributed by atoms with E-state index >= 15 is 0 Å². The van der Waals surface area contributed by atoms with E-state index in [2.05, 4.69) is 20.7 Å². The first-order valence-electron chi connectivity index (χ1n) is 6.24. The number of nitrogens with one attached hydrogen (secondary N) is 3. The smallest absolute Gasteiger partial charge is 0.334 e. The Hall–Kier alpha value is -1.83. The van der Waals surface area contributed by atoms with Crippen LogP contribution >= 0.6 is 0 Å². The van der Waals surface area contributed by atoms with E-state index in [0.717, 1.165) is 0 Å². The maximum atomic E-state index is 11.5. The first-order chi connectivity index (χ1) is 9.15. The topological polar surface area (TPSA) is 117 Å². The van der Waals surface area contributed by atoms with Crippen molar-refractivity contribution in [2.24, 2.45) is 0 Å². The van der Waals surface area contributed by atoms with Crippen LogP contribution in [0.2, 0.25) is 0 Å². The van der Waals surface area contributed by atoms with Crippen LogP contribution in [0.4, 0.5) is 4.79 Å². The minimum atomic E-state index is -1.16. The number of carboxylic acid groups (broad SMARTS) is 1. The zero-order chi connectivity index (χ0) is 15.8. The summed E-state index contributed by atoms with van der Waals surface area (Å²) in [7, 11) is 1.25. The van der Waals surface area contributed by atoms with Crippen LogP contribution in [0.25, 0.3) is 0 Å². The molecule has 1 unspecified atom stereocenters.